The highest BCUT2D eigenvalue weighted by Crippen LogP contribution is 2.29. The van der Waals surface area contributed by atoms with Crippen LogP contribution in [0.3, 0.4) is 0 Å². The Morgan fingerprint density at radius 2 is 1.67 bits per heavy atom. The molecule has 0 radical (unpaired) electrons. The van der Waals surface area contributed by atoms with Crippen LogP contribution in [0.15, 0.2) is 41.3 Å². The molecule has 2 aromatic rings. The topological polar surface area (TPSA) is 58.6 Å². The number of nitrogens with zero attached hydrogens (tertiary/aromatic N) is 1. The lowest BCUT2D eigenvalue weighted by molar-refractivity contribution is 0.000791. The molecule has 2 rings (SSSR count). The van der Waals surface area contributed by atoms with E-state index in [1.807, 2.05) is 64.0 Å². The van der Waals surface area contributed by atoms with Gasteiger partial charge >= 0.3 is 0 Å². The van der Waals surface area contributed by atoms with E-state index in [-0.39, 0.29) is 12.1 Å². The van der Waals surface area contributed by atoms with Crippen LogP contribution in [0, 0.1) is 0 Å². The zero-order valence-electron chi connectivity index (χ0n) is 15.0. The first-order chi connectivity index (χ1) is 11.1. The van der Waals surface area contributed by atoms with Crippen molar-refractivity contribution in [2.45, 2.75) is 31.3 Å². The lowest BCUT2D eigenvalue weighted by Gasteiger charge is -2.20. The highest BCUT2D eigenvalue weighted by atomic mass is 32.2. The molecule has 0 heterocycles. The first-order valence-corrected chi connectivity index (χ1v) is 9.43. The Morgan fingerprint density at radius 3 is 2.29 bits per heavy atom. The third-order valence-corrected chi connectivity index (χ3v) is 5.08. The van der Waals surface area contributed by atoms with Gasteiger partial charge in [-0.25, -0.2) is 13.1 Å². The van der Waals surface area contributed by atoms with Gasteiger partial charge in [0.15, 0.2) is 0 Å². The van der Waals surface area contributed by atoms with Gasteiger partial charge in [0.2, 0.25) is 10.0 Å². The molecule has 2 aromatic carbocycles. The average Bonchev–Trinajstić information content (AvgIpc) is 2.49. The second kappa shape index (κ2) is 7.09. The summed E-state index contributed by atoms with van der Waals surface area (Å²) in [5.41, 5.74) is 0.700. The standard InChI is InChI=1S/C18H26N2O3S/c1-18(2,3)23-13-12-19-24(21,22)17-11-7-8-14-15(17)9-6-10-16(14)20(4)5/h6-11,19H,12-13H2,1-5H3. The van der Waals surface area contributed by atoms with Crippen LogP contribution in [0.25, 0.3) is 10.8 Å². The Labute approximate surface area is 144 Å². The summed E-state index contributed by atoms with van der Waals surface area (Å²) < 4.78 is 33.5. The van der Waals surface area contributed by atoms with Crippen LogP contribution >= 0.6 is 0 Å². The lowest BCUT2D eigenvalue weighted by Crippen LogP contribution is -2.30. The number of nitrogens with one attached hydrogen (secondary N) is 1. The minimum atomic E-state index is -3.60. The van der Waals surface area contributed by atoms with E-state index in [4.69, 9.17) is 4.74 Å². The summed E-state index contributed by atoms with van der Waals surface area (Å²) in [7, 11) is 0.289. The second-order valence-electron chi connectivity index (χ2n) is 6.88. The van der Waals surface area contributed by atoms with Gasteiger partial charge in [-0.1, -0.05) is 24.3 Å². The molecule has 0 saturated carbocycles. The van der Waals surface area contributed by atoms with Crippen molar-refractivity contribution < 1.29 is 13.2 Å². The average molecular weight is 350 g/mol. The van der Waals surface area contributed by atoms with Crippen LogP contribution in [0.1, 0.15) is 20.8 Å². The zero-order valence-corrected chi connectivity index (χ0v) is 15.8. The zero-order chi connectivity index (χ0) is 18.0. The highest BCUT2D eigenvalue weighted by molar-refractivity contribution is 7.89. The summed E-state index contributed by atoms with van der Waals surface area (Å²) in [5, 5.41) is 1.63. The van der Waals surface area contributed by atoms with E-state index >= 15 is 0 Å². The first-order valence-electron chi connectivity index (χ1n) is 7.94. The number of fused-ring (bicyclic) bond motifs is 1. The van der Waals surface area contributed by atoms with Gasteiger partial charge in [0.05, 0.1) is 17.1 Å². The van der Waals surface area contributed by atoms with Crippen molar-refractivity contribution in [1.29, 1.82) is 0 Å². The Hall–Kier alpha value is -1.63. The van der Waals surface area contributed by atoms with Crippen LogP contribution in [-0.2, 0) is 14.8 Å². The molecule has 0 aliphatic rings. The predicted molar refractivity (Wildman–Crippen MR) is 99.2 cm³/mol. The van der Waals surface area contributed by atoms with E-state index in [0.29, 0.717) is 16.9 Å². The van der Waals surface area contributed by atoms with E-state index in [1.165, 1.54) is 0 Å². The number of ether oxygens (including phenoxy) is 1. The molecular weight excluding hydrogens is 324 g/mol. The molecule has 24 heavy (non-hydrogen) atoms. The number of rotatable bonds is 6. The Morgan fingerprint density at radius 1 is 1.04 bits per heavy atom. The first kappa shape index (κ1) is 18.7. The fraction of sp³-hybridized carbons (Fsp3) is 0.444. The number of sulfonamides is 1. The highest BCUT2D eigenvalue weighted by Gasteiger charge is 2.18. The minimum absolute atomic E-state index is 0.239. The van der Waals surface area contributed by atoms with Crippen molar-refractivity contribution in [3.8, 4) is 0 Å². The number of anilines is 1. The Balaban J connectivity index is 2.29. The maximum absolute atomic E-state index is 12.7. The predicted octanol–water partition coefficient (Wildman–Crippen LogP) is 3.00. The molecule has 0 atom stereocenters. The number of benzene rings is 2. The molecule has 1 N–H and O–H groups in total. The van der Waals surface area contributed by atoms with Crippen LogP contribution in [0.5, 0.6) is 0 Å². The van der Waals surface area contributed by atoms with Gasteiger partial charge in [0, 0.05) is 37.1 Å². The second-order valence-corrected chi connectivity index (χ2v) is 8.62. The summed E-state index contributed by atoms with van der Waals surface area (Å²) in [6, 6.07) is 11.0. The monoisotopic (exact) mass is 350 g/mol. The molecule has 6 heteroatoms. The molecule has 0 aliphatic heterocycles. The fourth-order valence-corrected chi connectivity index (χ4v) is 3.73. The van der Waals surface area contributed by atoms with Gasteiger partial charge in [-0.05, 0) is 32.9 Å². The quantitative estimate of drug-likeness (QED) is 0.814. The van der Waals surface area contributed by atoms with E-state index in [2.05, 4.69) is 4.72 Å². The largest absolute Gasteiger partial charge is 0.377 e. The van der Waals surface area contributed by atoms with Crippen LogP contribution in [0.4, 0.5) is 5.69 Å². The molecule has 132 valence electrons. The van der Waals surface area contributed by atoms with Crippen molar-refractivity contribution in [2.75, 3.05) is 32.1 Å². The van der Waals surface area contributed by atoms with Crippen molar-refractivity contribution >= 4 is 26.5 Å². The van der Waals surface area contributed by atoms with Crippen LogP contribution in [-0.4, -0.2) is 41.3 Å². The van der Waals surface area contributed by atoms with Crippen LogP contribution in [0.2, 0.25) is 0 Å². The third kappa shape index (κ3) is 4.47. The van der Waals surface area contributed by atoms with Gasteiger partial charge in [-0.15, -0.1) is 0 Å². The lowest BCUT2D eigenvalue weighted by atomic mass is 10.1. The molecule has 0 bridgehead atoms. The molecule has 5 nitrogen and oxygen atoms in total. The van der Waals surface area contributed by atoms with Gasteiger partial charge < -0.3 is 9.64 Å². The van der Waals surface area contributed by atoms with Crippen LogP contribution < -0.4 is 9.62 Å². The van der Waals surface area contributed by atoms with Crippen molar-refractivity contribution in [3.63, 3.8) is 0 Å². The van der Waals surface area contributed by atoms with Gasteiger partial charge in [0.1, 0.15) is 0 Å². The molecule has 0 saturated heterocycles. The summed E-state index contributed by atoms with van der Waals surface area (Å²) in [6.45, 7) is 6.39. The smallest absolute Gasteiger partial charge is 0.241 e. The summed E-state index contributed by atoms with van der Waals surface area (Å²) >= 11 is 0. The van der Waals surface area contributed by atoms with E-state index in [0.717, 1.165) is 11.1 Å². The van der Waals surface area contributed by atoms with E-state index in [1.54, 1.807) is 12.1 Å². The summed E-state index contributed by atoms with van der Waals surface area (Å²) in [4.78, 5) is 2.27. The number of hydrogen-bond donors (Lipinski definition) is 1. The maximum Gasteiger partial charge on any atom is 0.241 e. The molecular formula is C18H26N2O3S. The van der Waals surface area contributed by atoms with Gasteiger partial charge in [0.25, 0.3) is 0 Å². The molecule has 0 amide bonds. The SMILES string of the molecule is CN(C)c1cccc2c(S(=O)(=O)NCCOC(C)(C)C)cccc12. The summed E-state index contributed by atoms with van der Waals surface area (Å²) in [5.74, 6) is 0. The minimum Gasteiger partial charge on any atom is -0.377 e. The van der Waals surface area contributed by atoms with Crippen molar-refractivity contribution in [1.82, 2.24) is 4.72 Å². The fourth-order valence-electron chi connectivity index (χ4n) is 2.50. The van der Waals surface area contributed by atoms with E-state index < -0.39 is 10.0 Å². The van der Waals surface area contributed by atoms with E-state index in [9.17, 15) is 8.42 Å². The van der Waals surface area contributed by atoms with Crippen molar-refractivity contribution in [3.05, 3.63) is 36.4 Å². The van der Waals surface area contributed by atoms with Gasteiger partial charge in [-0.3, -0.25) is 0 Å². The normalized spacial score (nSPS) is 12.5. The molecule has 0 fully saturated rings. The Kier molecular flexibility index (Phi) is 5.52. The maximum atomic E-state index is 12.7. The number of hydrogen-bond acceptors (Lipinski definition) is 4. The summed E-state index contributed by atoms with van der Waals surface area (Å²) in [6.07, 6.45) is 0. The van der Waals surface area contributed by atoms with Crippen molar-refractivity contribution in [2.24, 2.45) is 0 Å². The molecule has 0 aromatic heterocycles. The van der Waals surface area contributed by atoms with Gasteiger partial charge in [-0.2, -0.15) is 0 Å². The molecule has 0 unspecified atom stereocenters. The molecule has 0 aliphatic carbocycles. The third-order valence-electron chi connectivity index (χ3n) is 3.56. The molecule has 0 spiro atoms. The Bertz CT molecular complexity index is 809.